The Balaban J connectivity index is 0.000000133. The number of aliphatic imine (C=N–C) groups is 1. The van der Waals surface area contributed by atoms with Crippen molar-refractivity contribution in [2.24, 2.45) is 10.9 Å². The molecule has 3 aliphatic heterocycles. The molecule has 5 heterocycles. The fraction of sp³-hybridized carbons (Fsp3) is 0.471. The summed E-state index contributed by atoms with van der Waals surface area (Å²) in [5, 5.41) is 12.0. The topological polar surface area (TPSA) is 69.2 Å². The molecule has 0 unspecified atom stereocenters. The highest BCUT2D eigenvalue weighted by Gasteiger charge is 2.49. The van der Waals surface area contributed by atoms with Crippen LogP contribution >= 0.6 is 0 Å². The van der Waals surface area contributed by atoms with Crippen LogP contribution in [0.1, 0.15) is 198 Å². The molecule has 6 nitrogen and oxygen atoms in total. The second-order valence-corrected chi connectivity index (χ2v) is 27.2. The molecular weight excluding hydrogens is 925 g/mol. The van der Waals surface area contributed by atoms with Gasteiger partial charge in [-0.1, -0.05) is 221 Å². The van der Waals surface area contributed by atoms with Gasteiger partial charge in [-0.3, -0.25) is 15.1 Å². The highest BCUT2D eigenvalue weighted by molar-refractivity contribution is 5.96. The van der Waals surface area contributed by atoms with Crippen LogP contribution in [0.3, 0.4) is 0 Å². The fourth-order valence-electron chi connectivity index (χ4n) is 11.0. The number of nitrogens with one attached hydrogen (secondary N) is 2. The molecule has 0 radical (unpaired) electrons. The number of amidine groups is 1. The lowest BCUT2D eigenvalue weighted by Gasteiger charge is -2.22. The number of H-pyrrole nitrogens is 1. The average Bonchev–Trinajstić information content (AvgIpc) is 4.02. The zero-order valence-electron chi connectivity index (χ0n) is 49.9. The number of hydrogen-bond acceptors (Lipinski definition) is 5. The second kappa shape index (κ2) is 23.4. The van der Waals surface area contributed by atoms with Crippen molar-refractivity contribution in [3.63, 3.8) is 0 Å². The monoisotopic (exact) mass is 1020 g/mol. The molecule has 2 aromatic heterocycles. The number of para-hydroxylation sites is 1. The third-order valence-corrected chi connectivity index (χ3v) is 15.5. The number of nitrogens with zero attached hydrogens (tertiary/aromatic N) is 4. The molecule has 1 fully saturated rings. The maximum absolute atomic E-state index is 4.36. The van der Waals surface area contributed by atoms with Crippen molar-refractivity contribution < 1.29 is 0 Å². The van der Waals surface area contributed by atoms with Crippen molar-refractivity contribution in [1.29, 1.82) is 0 Å². The van der Waals surface area contributed by atoms with Crippen LogP contribution in [0.2, 0.25) is 0 Å². The Labute approximate surface area is 460 Å². The van der Waals surface area contributed by atoms with Crippen molar-refractivity contribution in [3.05, 3.63) is 195 Å². The summed E-state index contributed by atoms with van der Waals surface area (Å²) in [7, 11) is 0. The van der Waals surface area contributed by atoms with Gasteiger partial charge in [-0.2, -0.15) is 5.10 Å². The summed E-state index contributed by atoms with van der Waals surface area (Å²) in [6.45, 7) is 41.3. The first-order valence-electron chi connectivity index (χ1n) is 28.5. The van der Waals surface area contributed by atoms with E-state index in [2.05, 4.69) is 264 Å². The predicted molar refractivity (Wildman–Crippen MR) is 327 cm³/mol. The van der Waals surface area contributed by atoms with Crippen molar-refractivity contribution >= 4 is 22.8 Å². The van der Waals surface area contributed by atoms with Gasteiger partial charge < -0.3 is 10.2 Å². The third-order valence-electron chi connectivity index (χ3n) is 15.5. The Hall–Kier alpha value is -5.85. The number of hydrogen-bond donors (Lipinski definition) is 2. The Morgan fingerprint density at radius 3 is 1.83 bits per heavy atom. The summed E-state index contributed by atoms with van der Waals surface area (Å²) in [6.07, 6.45) is 24.4. The normalized spacial score (nSPS) is 16.5. The largest absolute Gasteiger partial charge is 0.331 e. The molecule has 2 N–H and O–H groups in total. The van der Waals surface area contributed by atoms with E-state index >= 15 is 0 Å². The SMILES string of the molecule is CC(C)(C)c1cccc2c1CCC2.CC(C)(C)c1cccc2c1CNC21CC1.CC(C)(C)c1cccc2cn[nH]c12.CC(C)(C)c1ccccc1.CC(C)(C)c1cncc2c1C=CC2.CC(C)C1=CN2CCN=C2C=C1. The van der Waals surface area contributed by atoms with Crippen LogP contribution in [0.4, 0.5) is 0 Å². The molecular formula is C70H94N6. The summed E-state index contributed by atoms with van der Waals surface area (Å²) in [4.78, 5) is 10.9. The molecule has 3 aliphatic carbocycles. The van der Waals surface area contributed by atoms with Crippen LogP contribution in [0.25, 0.3) is 17.0 Å². The molecule has 4 aromatic carbocycles. The van der Waals surface area contributed by atoms with E-state index in [1.165, 1.54) is 76.4 Å². The lowest BCUT2D eigenvalue weighted by molar-refractivity contribution is 0.565. The number of rotatable bonds is 1. The van der Waals surface area contributed by atoms with Crippen molar-refractivity contribution in [3.8, 4) is 0 Å². The molecule has 404 valence electrons. The maximum Gasteiger partial charge on any atom is 0.127 e. The number of aromatic amines is 1. The van der Waals surface area contributed by atoms with Crippen LogP contribution in [-0.2, 0) is 58.4 Å². The van der Waals surface area contributed by atoms with Crippen LogP contribution < -0.4 is 5.32 Å². The number of allylic oxidation sites excluding steroid dienone is 3. The zero-order valence-corrected chi connectivity index (χ0v) is 49.9. The van der Waals surface area contributed by atoms with Gasteiger partial charge in [0.25, 0.3) is 0 Å². The summed E-state index contributed by atoms with van der Waals surface area (Å²) < 4.78 is 0. The molecule has 0 amide bonds. The molecule has 0 saturated heterocycles. The quantitative estimate of drug-likeness (QED) is 0.172. The van der Waals surface area contributed by atoms with Gasteiger partial charge in [0.05, 0.1) is 18.3 Å². The first-order valence-corrected chi connectivity index (χ1v) is 28.5. The number of pyridine rings is 1. The van der Waals surface area contributed by atoms with E-state index in [1.54, 1.807) is 27.8 Å². The summed E-state index contributed by atoms with van der Waals surface area (Å²) >= 11 is 0. The first-order chi connectivity index (χ1) is 35.7. The second-order valence-electron chi connectivity index (χ2n) is 27.2. The van der Waals surface area contributed by atoms with Gasteiger partial charge in [0, 0.05) is 42.6 Å². The fourth-order valence-corrected chi connectivity index (χ4v) is 11.0. The van der Waals surface area contributed by atoms with E-state index in [-0.39, 0.29) is 16.2 Å². The molecule has 0 atom stereocenters. The molecule has 6 heteroatoms. The van der Waals surface area contributed by atoms with Gasteiger partial charge in [-0.25, -0.2) is 0 Å². The first kappa shape index (κ1) is 57.8. The Morgan fingerprint density at radius 2 is 1.21 bits per heavy atom. The summed E-state index contributed by atoms with van der Waals surface area (Å²) in [5.74, 6) is 1.74. The van der Waals surface area contributed by atoms with Crippen LogP contribution in [0.5, 0.6) is 0 Å². The van der Waals surface area contributed by atoms with Gasteiger partial charge in [-0.15, -0.1) is 0 Å². The van der Waals surface area contributed by atoms with E-state index in [0.717, 1.165) is 37.4 Å². The van der Waals surface area contributed by atoms with Crippen molar-refractivity contribution in [1.82, 2.24) is 25.4 Å². The van der Waals surface area contributed by atoms with Crippen molar-refractivity contribution in [2.45, 2.75) is 195 Å². The number of benzene rings is 4. The minimum absolute atomic E-state index is 0.173. The molecule has 6 aromatic rings. The predicted octanol–water partition coefficient (Wildman–Crippen LogP) is 17.2. The van der Waals surface area contributed by atoms with Crippen LogP contribution in [0, 0.1) is 5.92 Å². The van der Waals surface area contributed by atoms with Gasteiger partial charge in [0.1, 0.15) is 5.84 Å². The lowest BCUT2D eigenvalue weighted by Crippen LogP contribution is -2.23. The number of aromatic nitrogens is 3. The standard InChI is InChI=1S/C14H19N.C13H18.C12H15N.C11H14N2.C10H14N2.C10H14/c1-13(2,3)11-5-4-6-12-10(11)9-15-14(12)7-8-14;1-13(2,3)12-9-5-7-10-6-4-8-11(10)12;1-12(2,3)11-8-13-7-9-5-4-6-10(9)11;1-11(2,3)9-6-4-5-8-7-12-13-10(8)9;1-8(2)9-3-4-10-11-5-6-12(10)7-9;1-10(2,3)9-7-5-4-6-8-9/h4-6,15H,7-9H2,1-3H3;5,7,9H,4,6,8H2,1-3H3;4,6-8H,5H2,1-3H3;4-7H,1-3H3,(H,12,13);3-4,7-8H,5-6H2,1-2H3;4-8H,1-3H3. The molecule has 76 heavy (non-hydrogen) atoms. The van der Waals surface area contributed by atoms with Gasteiger partial charge in [-0.05, 0) is 144 Å². The Kier molecular flexibility index (Phi) is 17.8. The van der Waals surface area contributed by atoms with Crippen LogP contribution in [-0.4, -0.2) is 39.0 Å². The molecule has 12 rings (SSSR count). The lowest BCUT2D eigenvalue weighted by atomic mass is 9.82. The van der Waals surface area contributed by atoms with E-state index in [9.17, 15) is 0 Å². The smallest absolute Gasteiger partial charge is 0.127 e. The van der Waals surface area contributed by atoms with Gasteiger partial charge >= 0.3 is 0 Å². The van der Waals surface area contributed by atoms with Gasteiger partial charge in [0.2, 0.25) is 0 Å². The Bertz CT molecular complexity index is 3020. The van der Waals surface area contributed by atoms with E-state index < -0.39 is 0 Å². The number of fused-ring (bicyclic) bond motifs is 6. The average molecular weight is 1020 g/mol. The minimum Gasteiger partial charge on any atom is -0.331 e. The summed E-state index contributed by atoms with van der Waals surface area (Å²) in [5.41, 5.74) is 20.5. The third kappa shape index (κ3) is 14.4. The van der Waals surface area contributed by atoms with Crippen molar-refractivity contribution in [2.75, 3.05) is 13.1 Å². The molecule has 6 aliphatic rings. The highest BCUT2D eigenvalue weighted by Crippen LogP contribution is 2.52. The molecule has 0 bridgehead atoms. The van der Waals surface area contributed by atoms with Gasteiger partial charge in [0.15, 0.2) is 0 Å². The maximum atomic E-state index is 4.36. The van der Waals surface area contributed by atoms with E-state index in [4.69, 9.17) is 0 Å². The number of aryl methyl sites for hydroxylation is 1. The van der Waals surface area contributed by atoms with E-state index in [1.807, 2.05) is 18.6 Å². The molecule has 1 spiro atoms. The Morgan fingerprint density at radius 1 is 0.579 bits per heavy atom. The highest BCUT2D eigenvalue weighted by atomic mass is 15.2. The molecule has 1 saturated carbocycles. The zero-order chi connectivity index (χ0) is 55.3. The minimum atomic E-state index is 0.173. The summed E-state index contributed by atoms with van der Waals surface area (Å²) in [6, 6.07) is 30.5. The van der Waals surface area contributed by atoms with Crippen LogP contribution in [0.15, 0.2) is 139 Å². The van der Waals surface area contributed by atoms with E-state index in [0.29, 0.717) is 22.3 Å².